The van der Waals surface area contributed by atoms with Crippen molar-refractivity contribution in [1.82, 2.24) is 14.7 Å². The second-order valence-corrected chi connectivity index (χ2v) is 10.4. The van der Waals surface area contributed by atoms with Gasteiger partial charge in [-0.05, 0) is 52.9 Å². The third-order valence-corrected chi connectivity index (χ3v) is 7.85. The lowest BCUT2D eigenvalue weighted by molar-refractivity contribution is -0.154. The number of carbonyl (C=O) groups is 3. The number of nitrogens with zero attached hydrogens (tertiary/aromatic N) is 3. The first-order valence-electron chi connectivity index (χ1n) is 12.5. The van der Waals surface area contributed by atoms with Crippen molar-refractivity contribution in [2.24, 2.45) is 11.8 Å². The fraction of sp³-hybridized carbons (Fsp3) is 0.731. The molecule has 0 saturated carbocycles. The molecular weight excluding hydrogens is 434 g/mol. The largest absolute Gasteiger partial charge is 0.396 e. The van der Waals surface area contributed by atoms with Gasteiger partial charge in [0.05, 0.1) is 17.4 Å². The second kappa shape index (κ2) is 10.2. The summed E-state index contributed by atoms with van der Waals surface area (Å²) in [6.07, 6.45) is 6.62. The Morgan fingerprint density at radius 1 is 1.18 bits per heavy atom. The van der Waals surface area contributed by atoms with Gasteiger partial charge in [0.15, 0.2) is 0 Å². The molecule has 1 spiro atoms. The fourth-order valence-corrected chi connectivity index (χ4v) is 6.26. The van der Waals surface area contributed by atoms with Gasteiger partial charge in [0, 0.05) is 39.3 Å². The van der Waals surface area contributed by atoms with E-state index >= 15 is 0 Å². The molecule has 0 radical (unpaired) electrons. The Bertz CT molecular complexity index is 829. The van der Waals surface area contributed by atoms with Gasteiger partial charge in [-0.2, -0.15) is 0 Å². The predicted molar refractivity (Wildman–Crippen MR) is 130 cm³/mol. The van der Waals surface area contributed by atoms with Crippen LogP contribution in [0.4, 0.5) is 0 Å². The van der Waals surface area contributed by atoms with Crippen LogP contribution in [0.3, 0.4) is 0 Å². The number of fused-ring (bicyclic) bond motifs is 1. The Morgan fingerprint density at radius 3 is 2.44 bits per heavy atom. The number of aliphatic hydroxyl groups is 1. The molecule has 8 nitrogen and oxygen atoms in total. The normalized spacial score (nSPS) is 31.6. The van der Waals surface area contributed by atoms with Gasteiger partial charge >= 0.3 is 0 Å². The maximum atomic E-state index is 14.0. The third-order valence-electron chi connectivity index (χ3n) is 7.85. The number of likely N-dealkylation sites (N-methyl/N-ethyl adjacent to an activating group) is 1. The molecule has 5 atom stereocenters. The van der Waals surface area contributed by atoms with Crippen molar-refractivity contribution in [2.45, 2.75) is 76.2 Å². The van der Waals surface area contributed by atoms with E-state index in [1.807, 2.05) is 20.8 Å². The number of hydrogen-bond donors (Lipinski definition) is 1. The number of carbonyl (C=O) groups excluding carboxylic acids is 3. The lowest BCUT2D eigenvalue weighted by Gasteiger charge is -2.38. The summed E-state index contributed by atoms with van der Waals surface area (Å²) in [5.74, 6) is -1.77. The first-order chi connectivity index (χ1) is 16.1. The minimum atomic E-state index is -1.01. The molecule has 1 N–H and O–H groups in total. The Hall–Kier alpha value is -2.19. The zero-order valence-electron chi connectivity index (χ0n) is 21.2. The van der Waals surface area contributed by atoms with E-state index in [1.54, 1.807) is 33.9 Å². The summed E-state index contributed by atoms with van der Waals surface area (Å²) in [5.41, 5.74) is -1.79. The standard InChI is InChI=1S/C26H41N3O5/c1-7-14-27(6)22(31)19-20-23(32)29(16-10-9-11-17-30)21(24(33)28(15-8-2)18(3)4)26(20)13-12-25(19,5)34-26/h7-8,18-21,30H,1-2,9-17H2,3-6H3/t19-,20+,21?,25+,26?/m1/s1. The van der Waals surface area contributed by atoms with Crippen molar-refractivity contribution in [1.29, 1.82) is 0 Å². The topological polar surface area (TPSA) is 90.4 Å². The molecule has 0 aromatic carbocycles. The summed E-state index contributed by atoms with van der Waals surface area (Å²) in [4.78, 5) is 46.5. The monoisotopic (exact) mass is 475 g/mol. The van der Waals surface area contributed by atoms with E-state index in [9.17, 15) is 14.4 Å². The van der Waals surface area contributed by atoms with E-state index in [2.05, 4.69) is 13.2 Å². The van der Waals surface area contributed by atoms with Crippen LogP contribution in [0.2, 0.25) is 0 Å². The Kier molecular flexibility index (Phi) is 7.92. The zero-order valence-corrected chi connectivity index (χ0v) is 21.2. The molecule has 3 fully saturated rings. The van der Waals surface area contributed by atoms with Gasteiger partial charge in [-0.25, -0.2) is 0 Å². The molecule has 3 aliphatic rings. The Labute approximate surface area is 203 Å². The molecule has 8 heteroatoms. The SMILES string of the molecule is C=CCN(C)C(=O)[C@H]1[C@H]2C(=O)N(CCCCCO)C(C(=O)N(CC=C)C(C)C)C23CC[C@]1(C)O3. The lowest BCUT2D eigenvalue weighted by Crippen LogP contribution is -2.57. The molecule has 0 aromatic rings. The fourth-order valence-electron chi connectivity index (χ4n) is 6.26. The number of likely N-dealkylation sites (tertiary alicyclic amines) is 1. The van der Waals surface area contributed by atoms with Gasteiger partial charge in [-0.1, -0.05) is 12.2 Å². The van der Waals surface area contributed by atoms with Crippen molar-refractivity contribution >= 4 is 17.7 Å². The molecule has 3 rings (SSSR count). The first kappa shape index (κ1) is 26.4. The number of aliphatic hydroxyl groups excluding tert-OH is 1. The van der Waals surface area contributed by atoms with Crippen LogP contribution < -0.4 is 0 Å². The van der Waals surface area contributed by atoms with E-state index < -0.39 is 29.1 Å². The van der Waals surface area contributed by atoms with Crippen LogP contribution >= 0.6 is 0 Å². The van der Waals surface area contributed by atoms with Crippen LogP contribution in [0.25, 0.3) is 0 Å². The summed E-state index contributed by atoms with van der Waals surface area (Å²) < 4.78 is 6.65. The van der Waals surface area contributed by atoms with E-state index in [4.69, 9.17) is 9.84 Å². The number of ether oxygens (including phenoxy) is 1. The molecule has 2 unspecified atom stereocenters. The maximum Gasteiger partial charge on any atom is 0.248 e. The smallest absolute Gasteiger partial charge is 0.248 e. The number of rotatable bonds is 12. The van der Waals surface area contributed by atoms with Crippen molar-refractivity contribution in [3.05, 3.63) is 25.3 Å². The van der Waals surface area contributed by atoms with E-state index in [0.29, 0.717) is 45.3 Å². The Balaban J connectivity index is 2.03. The first-order valence-corrected chi connectivity index (χ1v) is 12.5. The summed E-state index contributed by atoms with van der Waals surface area (Å²) in [5, 5.41) is 9.16. The molecule has 3 heterocycles. The van der Waals surface area contributed by atoms with Gasteiger partial charge in [-0.3, -0.25) is 14.4 Å². The molecule has 3 amide bonds. The van der Waals surface area contributed by atoms with Gasteiger partial charge < -0.3 is 24.5 Å². The van der Waals surface area contributed by atoms with E-state index in [-0.39, 0.29) is 30.4 Å². The highest BCUT2D eigenvalue weighted by Gasteiger charge is 2.78. The molecule has 3 saturated heterocycles. The average molecular weight is 476 g/mol. The highest BCUT2D eigenvalue weighted by molar-refractivity contribution is 5.99. The molecular formula is C26H41N3O5. The minimum Gasteiger partial charge on any atom is -0.396 e. The molecule has 0 aromatic heterocycles. The van der Waals surface area contributed by atoms with Crippen molar-refractivity contribution in [3.63, 3.8) is 0 Å². The minimum absolute atomic E-state index is 0.0716. The van der Waals surface area contributed by atoms with E-state index in [0.717, 1.165) is 6.42 Å². The summed E-state index contributed by atoms with van der Waals surface area (Å²) in [7, 11) is 1.71. The van der Waals surface area contributed by atoms with Crippen LogP contribution in [0.15, 0.2) is 25.3 Å². The van der Waals surface area contributed by atoms with Crippen LogP contribution in [0.5, 0.6) is 0 Å². The van der Waals surface area contributed by atoms with Crippen LogP contribution in [0, 0.1) is 11.8 Å². The lowest BCUT2D eigenvalue weighted by atomic mass is 9.66. The molecule has 190 valence electrons. The molecule has 34 heavy (non-hydrogen) atoms. The van der Waals surface area contributed by atoms with Gasteiger partial charge in [0.1, 0.15) is 11.6 Å². The number of unbranched alkanes of at least 4 members (excludes halogenated alkanes) is 2. The maximum absolute atomic E-state index is 14.0. The van der Waals surface area contributed by atoms with Crippen molar-refractivity contribution in [3.8, 4) is 0 Å². The molecule has 3 aliphatic heterocycles. The average Bonchev–Trinajstić information content (AvgIpc) is 3.35. The van der Waals surface area contributed by atoms with Gasteiger partial charge in [0.25, 0.3) is 0 Å². The Morgan fingerprint density at radius 2 is 1.85 bits per heavy atom. The van der Waals surface area contributed by atoms with Crippen LogP contribution in [-0.4, -0.2) is 94.1 Å². The van der Waals surface area contributed by atoms with Crippen LogP contribution in [0.1, 0.15) is 52.9 Å². The quantitative estimate of drug-likeness (QED) is 0.344. The summed E-state index contributed by atoms with van der Waals surface area (Å²) >= 11 is 0. The summed E-state index contributed by atoms with van der Waals surface area (Å²) in [6, 6.07) is -0.844. The van der Waals surface area contributed by atoms with Crippen LogP contribution in [-0.2, 0) is 19.1 Å². The number of hydrogen-bond acceptors (Lipinski definition) is 5. The highest BCUT2D eigenvalue weighted by atomic mass is 16.5. The summed E-state index contributed by atoms with van der Waals surface area (Å²) in [6.45, 7) is 14.6. The highest BCUT2D eigenvalue weighted by Crippen LogP contribution is 2.63. The van der Waals surface area contributed by atoms with Gasteiger partial charge in [0.2, 0.25) is 17.7 Å². The second-order valence-electron chi connectivity index (χ2n) is 10.4. The van der Waals surface area contributed by atoms with Crippen molar-refractivity contribution < 1.29 is 24.2 Å². The number of amides is 3. The predicted octanol–water partition coefficient (Wildman–Crippen LogP) is 1.98. The zero-order chi connectivity index (χ0) is 25.3. The third kappa shape index (κ3) is 4.19. The van der Waals surface area contributed by atoms with Crippen molar-refractivity contribution in [2.75, 3.05) is 33.3 Å². The van der Waals surface area contributed by atoms with E-state index in [1.165, 1.54) is 0 Å². The van der Waals surface area contributed by atoms with Gasteiger partial charge in [-0.15, -0.1) is 13.2 Å². The molecule has 0 aliphatic carbocycles. The molecule has 2 bridgehead atoms.